The third kappa shape index (κ3) is 9.04. The molecule has 1 rings (SSSR count). The van der Waals surface area contributed by atoms with Crippen molar-refractivity contribution in [2.75, 3.05) is 13.7 Å². The van der Waals surface area contributed by atoms with Crippen LogP contribution in [0.2, 0.25) is 18.1 Å². The third-order valence-electron chi connectivity index (χ3n) is 7.39. The first kappa shape index (κ1) is 34.0. The van der Waals surface area contributed by atoms with Gasteiger partial charge in [0.1, 0.15) is 0 Å². The van der Waals surface area contributed by atoms with E-state index < -0.39 is 35.0 Å². The van der Waals surface area contributed by atoms with Gasteiger partial charge >= 0.3 is 5.97 Å². The average Bonchev–Trinajstić information content (AvgIpc) is 2.86. The molecule has 0 amide bonds. The Morgan fingerprint density at radius 3 is 2.18 bits per heavy atom. The van der Waals surface area contributed by atoms with Crippen molar-refractivity contribution in [3.8, 4) is 0 Å². The van der Waals surface area contributed by atoms with Crippen molar-refractivity contribution in [2.24, 2.45) is 0 Å². The quantitative estimate of drug-likeness (QED) is 0.0970. The predicted octanol–water partition coefficient (Wildman–Crippen LogP) is 6.78. The van der Waals surface area contributed by atoms with Crippen LogP contribution in [0.25, 0.3) is 0 Å². The molecule has 1 N–H and O–H groups in total. The van der Waals surface area contributed by atoms with Crippen LogP contribution in [-0.4, -0.2) is 52.4 Å². The zero-order chi connectivity index (χ0) is 29.0. The number of sulfone groups is 1. The van der Waals surface area contributed by atoms with Gasteiger partial charge in [0.15, 0.2) is 22.9 Å². The van der Waals surface area contributed by atoms with Crippen LogP contribution in [0.4, 0.5) is 0 Å². The van der Waals surface area contributed by atoms with E-state index >= 15 is 0 Å². The summed E-state index contributed by atoms with van der Waals surface area (Å²) in [7, 11) is -5.18. The summed E-state index contributed by atoms with van der Waals surface area (Å²) in [5.74, 6) is -0.815. The molecule has 0 aromatic heterocycles. The number of carbonyl (C=O) groups is 1. The Morgan fingerprint density at radius 2 is 1.66 bits per heavy atom. The standard InChI is InChI=1S/C30H48O6SSi/c1-9-11-14-18-26(31)22-25(24-36-38(7,8)29(3,4)5)23-30(28(32)35-6,21-17-12-10-2)37(33,34)27-19-15-13-16-20-27/h9-10,13,15-16,19-20,22,26,31H,1-2,11-12,14,17-18,21,23-24H2,3-8H3/b25-22+. The van der Waals surface area contributed by atoms with E-state index in [9.17, 15) is 18.3 Å². The largest absolute Gasteiger partial charge is 0.468 e. The SMILES string of the molecule is C=CCCCC(O)/C=C(/CO[Si](C)(C)C(C)(C)C)CC(CCCC=C)(C(=O)OC)S(=O)(=O)c1ccccc1. The second kappa shape index (κ2) is 15.0. The summed E-state index contributed by atoms with van der Waals surface area (Å²) < 4.78 is 38.1. The highest BCUT2D eigenvalue weighted by atomic mass is 32.2. The van der Waals surface area contributed by atoms with Crippen LogP contribution in [0.15, 0.2) is 72.2 Å². The molecule has 0 fully saturated rings. The second-order valence-electron chi connectivity index (χ2n) is 11.3. The molecule has 0 radical (unpaired) electrons. The highest BCUT2D eigenvalue weighted by Gasteiger charge is 2.52. The number of rotatable bonds is 17. The van der Waals surface area contributed by atoms with E-state index in [1.807, 2.05) is 0 Å². The molecule has 2 unspecified atom stereocenters. The zero-order valence-corrected chi connectivity index (χ0v) is 26.0. The lowest BCUT2D eigenvalue weighted by molar-refractivity contribution is -0.144. The summed E-state index contributed by atoms with van der Waals surface area (Å²) in [6, 6.07) is 8.01. The minimum absolute atomic E-state index is 0.0485. The Kier molecular flexibility index (Phi) is 13.4. The maximum absolute atomic E-state index is 14.2. The van der Waals surface area contributed by atoms with Crippen molar-refractivity contribution in [1.29, 1.82) is 0 Å². The molecule has 6 nitrogen and oxygen atoms in total. The van der Waals surface area contributed by atoms with Gasteiger partial charge < -0.3 is 14.3 Å². The van der Waals surface area contributed by atoms with Crippen molar-refractivity contribution in [2.45, 2.75) is 99.6 Å². The van der Waals surface area contributed by atoms with Gasteiger partial charge in [-0.2, -0.15) is 0 Å². The maximum atomic E-state index is 14.2. The molecular weight excluding hydrogens is 516 g/mol. The smallest absolute Gasteiger partial charge is 0.327 e. The molecule has 0 bridgehead atoms. The van der Waals surface area contributed by atoms with E-state index in [0.717, 1.165) is 12.8 Å². The van der Waals surface area contributed by atoms with E-state index in [4.69, 9.17) is 9.16 Å². The Labute approximate surface area is 231 Å². The Bertz CT molecular complexity index is 1040. The number of aliphatic hydroxyl groups is 1. The number of methoxy groups -OCH3 is 1. The zero-order valence-electron chi connectivity index (χ0n) is 24.2. The van der Waals surface area contributed by atoms with Crippen molar-refractivity contribution in [3.05, 3.63) is 67.3 Å². The normalized spacial score (nSPS) is 15.4. The molecule has 1 aromatic carbocycles. The van der Waals surface area contributed by atoms with Crippen molar-refractivity contribution in [1.82, 2.24) is 0 Å². The fourth-order valence-electron chi connectivity index (χ4n) is 3.99. The van der Waals surface area contributed by atoms with Gasteiger partial charge in [-0.3, -0.25) is 4.79 Å². The molecule has 8 heteroatoms. The van der Waals surface area contributed by atoms with E-state index in [1.54, 1.807) is 36.4 Å². The lowest BCUT2D eigenvalue weighted by atomic mass is 9.92. The number of hydrogen-bond acceptors (Lipinski definition) is 6. The van der Waals surface area contributed by atoms with Gasteiger partial charge in [0.2, 0.25) is 0 Å². The summed E-state index contributed by atoms with van der Waals surface area (Å²) in [5.41, 5.74) is 0.574. The highest BCUT2D eigenvalue weighted by molar-refractivity contribution is 7.93. The van der Waals surface area contributed by atoms with E-state index in [-0.39, 0.29) is 29.4 Å². The second-order valence-corrected chi connectivity index (χ2v) is 18.4. The first-order valence-corrected chi connectivity index (χ1v) is 17.7. The molecule has 38 heavy (non-hydrogen) atoms. The number of unbranched alkanes of at least 4 members (excludes halogenated alkanes) is 2. The molecule has 1 aromatic rings. The minimum atomic E-state index is -4.18. The fourth-order valence-corrected chi connectivity index (χ4v) is 7.02. The molecule has 0 saturated heterocycles. The summed E-state index contributed by atoms with van der Waals surface area (Å²) in [5, 5.41) is 10.8. The Hall–Kier alpha value is -2.00. The fraction of sp³-hybridized carbons (Fsp3) is 0.567. The number of allylic oxidation sites excluding steroid dienone is 2. The molecular formula is C30H48O6SSi. The number of aliphatic hydroxyl groups excluding tert-OH is 1. The Balaban J connectivity index is 3.67. The van der Waals surface area contributed by atoms with Crippen LogP contribution < -0.4 is 0 Å². The van der Waals surface area contributed by atoms with Gasteiger partial charge in [-0.05, 0) is 74.4 Å². The predicted molar refractivity (Wildman–Crippen MR) is 158 cm³/mol. The average molecular weight is 565 g/mol. The topological polar surface area (TPSA) is 89.9 Å². The first-order valence-electron chi connectivity index (χ1n) is 13.3. The van der Waals surface area contributed by atoms with Gasteiger partial charge in [-0.15, -0.1) is 13.2 Å². The molecule has 0 aliphatic carbocycles. The Morgan fingerprint density at radius 1 is 1.08 bits per heavy atom. The van der Waals surface area contributed by atoms with Gasteiger partial charge in [-0.25, -0.2) is 8.42 Å². The first-order chi connectivity index (χ1) is 17.7. The molecule has 2 atom stereocenters. The number of hydrogen-bond donors (Lipinski definition) is 1. The summed E-state index contributed by atoms with van der Waals surface area (Å²) in [4.78, 5) is 13.5. The number of esters is 1. The number of carbonyl (C=O) groups excluding carboxylic acids is 1. The number of ether oxygens (including phenoxy) is 1. The van der Waals surface area contributed by atoms with Gasteiger partial charge in [0, 0.05) is 6.42 Å². The van der Waals surface area contributed by atoms with Crippen LogP contribution in [0.5, 0.6) is 0 Å². The van der Waals surface area contributed by atoms with Crippen LogP contribution in [-0.2, 0) is 23.8 Å². The maximum Gasteiger partial charge on any atom is 0.327 e. The molecule has 0 aliphatic heterocycles. The molecule has 214 valence electrons. The number of benzene rings is 1. The van der Waals surface area contributed by atoms with Crippen LogP contribution in [0, 0.1) is 0 Å². The monoisotopic (exact) mass is 564 g/mol. The van der Waals surface area contributed by atoms with Gasteiger partial charge in [0.05, 0.1) is 24.7 Å². The van der Waals surface area contributed by atoms with Gasteiger partial charge in [-0.1, -0.05) is 57.2 Å². The molecule has 0 aliphatic rings. The van der Waals surface area contributed by atoms with Crippen LogP contribution in [0.1, 0.15) is 65.7 Å². The summed E-state index contributed by atoms with van der Waals surface area (Å²) in [6.07, 6.45) is 7.24. The van der Waals surface area contributed by atoms with Crippen LogP contribution >= 0.6 is 0 Å². The van der Waals surface area contributed by atoms with Crippen molar-refractivity contribution < 1.29 is 27.5 Å². The van der Waals surface area contributed by atoms with E-state index in [0.29, 0.717) is 24.8 Å². The lowest BCUT2D eigenvalue weighted by Gasteiger charge is -2.37. The molecule has 0 spiro atoms. The highest BCUT2D eigenvalue weighted by Crippen LogP contribution is 2.40. The minimum Gasteiger partial charge on any atom is -0.468 e. The van der Waals surface area contributed by atoms with Crippen molar-refractivity contribution in [3.63, 3.8) is 0 Å². The summed E-state index contributed by atoms with van der Waals surface area (Å²) in [6.45, 7) is 18.2. The van der Waals surface area contributed by atoms with E-state index in [2.05, 4.69) is 47.0 Å². The molecule has 0 saturated carbocycles. The summed E-state index contributed by atoms with van der Waals surface area (Å²) >= 11 is 0. The third-order valence-corrected chi connectivity index (χ3v) is 14.3. The van der Waals surface area contributed by atoms with Crippen LogP contribution in [0.3, 0.4) is 0 Å². The van der Waals surface area contributed by atoms with Gasteiger partial charge in [0.25, 0.3) is 0 Å². The van der Waals surface area contributed by atoms with E-state index in [1.165, 1.54) is 19.2 Å². The molecule has 0 heterocycles. The lowest BCUT2D eigenvalue weighted by Crippen LogP contribution is -2.48. The van der Waals surface area contributed by atoms with Crippen molar-refractivity contribution >= 4 is 24.1 Å².